The van der Waals surface area contributed by atoms with E-state index >= 15 is 0 Å². The Morgan fingerprint density at radius 2 is 1.88 bits per heavy atom. The van der Waals surface area contributed by atoms with Gasteiger partial charge in [0.05, 0.1) is 13.2 Å². The molecule has 0 aromatic rings. The highest BCUT2D eigenvalue weighted by molar-refractivity contribution is 6.18. The molecule has 2 aliphatic heterocycles. The van der Waals surface area contributed by atoms with Gasteiger partial charge in [-0.05, 0) is 0 Å². The van der Waals surface area contributed by atoms with Gasteiger partial charge >= 0.3 is 0 Å². The van der Waals surface area contributed by atoms with Crippen LogP contribution >= 0.6 is 0 Å². The number of rotatable bonds is 4. The number of hydrogen-bond donors (Lipinski definition) is 2. The molecule has 2 N–H and O–H groups in total. The molecule has 0 aliphatic carbocycles. The molecule has 0 bridgehead atoms. The summed E-state index contributed by atoms with van der Waals surface area (Å²) in [5.41, 5.74) is 0. The third-order valence-corrected chi connectivity index (χ3v) is 2.61. The second-order valence-electron chi connectivity index (χ2n) is 3.67. The maximum atomic E-state index is 12.5. The smallest absolute Gasteiger partial charge is 0.237 e. The van der Waals surface area contributed by atoms with Gasteiger partial charge in [-0.2, -0.15) is 4.99 Å². The molecule has 1 unspecified atom stereocenters. The SMILES string of the molecule is [O-][N+](CCO)(CCO)C1=NC=NC2=NC=NC21. The van der Waals surface area contributed by atoms with Crippen molar-refractivity contribution in [2.24, 2.45) is 20.0 Å². The van der Waals surface area contributed by atoms with E-state index in [4.69, 9.17) is 10.2 Å². The highest BCUT2D eigenvalue weighted by Gasteiger charge is 2.37. The molecule has 92 valence electrons. The summed E-state index contributed by atoms with van der Waals surface area (Å²) >= 11 is 0. The van der Waals surface area contributed by atoms with Crippen LogP contribution in [0.3, 0.4) is 0 Å². The fraction of sp³-hybridized carbons (Fsp3) is 0.556. The Labute approximate surface area is 97.5 Å². The standard InChI is InChI=1S/C9H13N5O3/c15-3-1-14(17,2-4-16)9-7-8(11-5-10-7)12-6-13-9/h5-7,15-16H,1-4H2. The van der Waals surface area contributed by atoms with E-state index < -0.39 is 10.7 Å². The van der Waals surface area contributed by atoms with E-state index in [1.54, 1.807) is 0 Å². The van der Waals surface area contributed by atoms with Crippen LogP contribution in [0.5, 0.6) is 0 Å². The molecular formula is C9H13N5O3. The second-order valence-corrected chi connectivity index (χ2v) is 3.67. The van der Waals surface area contributed by atoms with Crippen LogP contribution in [0.2, 0.25) is 0 Å². The van der Waals surface area contributed by atoms with Crippen LogP contribution in [0.4, 0.5) is 0 Å². The minimum absolute atomic E-state index is 0.0769. The third-order valence-electron chi connectivity index (χ3n) is 2.61. The van der Waals surface area contributed by atoms with Crippen LogP contribution in [0, 0.1) is 5.21 Å². The van der Waals surface area contributed by atoms with E-state index in [9.17, 15) is 5.21 Å². The molecule has 0 radical (unpaired) electrons. The average Bonchev–Trinajstić information content (AvgIpc) is 2.77. The largest absolute Gasteiger partial charge is 0.626 e. The molecule has 2 rings (SSSR count). The Hall–Kier alpha value is -1.48. The van der Waals surface area contributed by atoms with Crippen LogP contribution in [-0.2, 0) is 0 Å². The van der Waals surface area contributed by atoms with Gasteiger partial charge in [0.1, 0.15) is 25.8 Å². The lowest BCUT2D eigenvalue weighted by Crippen LogP contribution is -2.56. The summed E-state index contributed by atoms with van der Waals surface area (Å²) in [5.74, 6) is 0.625. The van der Waals surface area contributed by atoms with Crippen molar-refractivity contribution in [2.75, 3.05) is 26.3 Å². The Bertz CT molecular complexity index is 409. The number of aliphatic hydroxyl groups excluding tert-OH is 2. The number of nitrogens with zero attached hydrogens (tertiary/aromatic N) is 5. The Balaban J connectivity index is 2.30. The van der Waals surface area contributed by atoms with Crippen LogP contribution < -0.4 is 0 Å². The number of hydroxylamine groups is 3. The van der Waals surface area contributed by atoms with Gasteiger partial charge < -0.3 is 20.1 Å². The zero-order chi connectivity index (χ0) is 12.3. The maximum absolute atomic E-state index is 12.5. The summed E-state index contributed by atoms with van der Waals surface area (Å²) in [4.78, 5) is 15.8. The van der Waals surface area contributed by atoms with Crippen molar-refractivity contribution >= 4 is 24.3 Å². The fourth-order valence-electron chi connectivity index (χ4n) is 1.79. The molecular weight excluding hydrogens is 226 g/mol. The Morgan fingerprint density at radius 3 is 2.53 bits per heavy atom. The van der Waals surface area contributed by atoms with Gasteiger partial charge in [0.15, 0.2) is 5.84 Å². The summed E-state index contributed by atoms with van der Waals surface area (Å²) < 4.78 is -0.903. The van der Waals surface area contributed by atoms with Gasteiger partial charge in [0.25, 0.3) is 0 Å². The first-order chi connectivity index (χ1) is 8.21. The van der Waals surface area contributed by atoms with Crippen LogP contribution in [0.25, 0.3) is 0 Å². The minimum Gasteiger partial charge on any atom is -0.626 e. The molecule has 2 aliphatic rings. The molecule has 0 fully saturated rings. The number of hydrogen-bond acceptors (Lipinski definition) is 7. The van der Waals surface area contributed by atoms with E-state index in [1.165, 1.54) is 12.7 Å². The number of aliphatic imine (C=N–C) groups is 4. The first kappa shape index (κ1) is 12.0. The first-order valence-corrected chi connectivity index (χ1v) is 5.21. The summed E-state index contributed by atoms with van der Waals surface area (Å²) in [7, 11) is 0. The van der Waals surface area contributed by atoms with E-state index in [1.807, 2.05) is 0 Å². The van der Waals surface area contributed by atoms with Gasteiger partial charge in [0, 0.05) is 0 Å². The van der Waals surface area contributed by atoms with Gasteiger partial charge in [-0.3, -0.25) is 0 Å². The van der Waals surface area contributed by atoms with Crippen molar-refractivity contribution in [1.29, 1.82) is 0 Å². The highest BCUT2D eigenvalue weighted by atomic mass is 16.6. The summed E-state index contributed by atoms with van der Waals surface area (Å²) in [6.45, 7) is -0.732. The van der Waals surface area contributed by atoms with E-state index in [0.29, 0.717) is 5.84 Å². The van der Waals surface area contributed by atoms with Crippen molar-refractivity contribution in [3.8, 4) is 0 Å². The molecule has 8 nitrogen and oxygen atoms in total. The van der Waals surface area contributed by atoms with Crippen LogP contribution in [0.15, 0.2) is 20.0 Å². The molecule has 0 amide bonds. The highest BCUT2D eigenvalue weighted by Crippen LogP contribution is 2.18. The normalized spacial score (nSPS) is 22.4. The number of quaternary nitrogens is 1. The predicted molar refractivity (Wildman–Crippen MR) is 63.2 cm³/mol. The molecule has 0 spiro atoms. The van der Waals surface area contributed by atoms with Crippen molar-refractivity contribution in [2.45, 2.75) is 6.04 Å². The van der Waals surface area contributed by atoms with Crippen LogP contribution in [0.1, 0.15) is 0 Å². The monoisotopic (exact) mass is 239 g/mol. The van der Waals surface area contributed by atoms with Gasteiger partial charge in [0.2, 0.25) is 11.9 Å². The van der Waals surface area contributed by atoms with Crippen LogP contribution in [-0.4, -0.2) is 71.6 Å². The van der Waals surface area contributed by atoms with E-state index in [0.717, 1.165) is 0 Å². The molecule has 0 saturated heterocycles. The molecule has 0 aromatic carbocycles. The van der Waals surface area contributed by atoms with Crippen molar-refractivity contribution in [1.82, 2.24) is 0 Å². The zero-order valence-corrected chi connectivity index (χ0v) is 9.10. The van der Waals surface area contributed by atoms with Crippen molar-refractivity contribution in [3.05, 3.63) is 5.21 Å². The average molecular weight is 239 g/mol. The summed E-state index contributed by atoms with van der Waals surface area (Å²) in [5, 5.41) is 30.4. The topological polar surface area (TPSA) is 113 Å². The van der Waals surface area contributed by atoms with E-state index in [2.05, 4.69) is 20.0 Å². The van der Waals surface area contributed by atoms with Crippen molar-refractivity contribution in [3.63, 3.8) is 0 Å². The lowest BCUT2D eigenvalue weighted by atomic mass is 10.2. The second kappa shape index (κ2) is 4.80. The number of fused-ring (bicyclic) bond motifs is 1. The summed E-state index contributed by atoms with van der Waals surface area (Å²) in [6.07, 6.45) is 2.58. The van der Waals surface area contributed by atoms with Gasteiger partial charge in [-0.15, -0.1) is 0 Å². The Kier molecular flexibility index (Phi) is 3.38. The zero-order valence-electron chi connectivity index (χ0n) is 9.10. The third kappa shape index (κ3) is 2.15. The minimum atomic E-state index is -0.903. The molecule has 2 heterocycles. The molecule has 8 heteroatoms. The number of amidine groups is 2. The number of aliphatic hydroxyl groups is 2. The Morgan fingerprint density at radius 1 is 1.18 bits per heavy atom. The van der Waals surface area contributed by atoms with Crippen molar-refractivity contribution < 1.29 is 14.9 Å². The lowest BCUT2D eigenvalue weighted by molar-refractivity contribution is -0.792. The molecule has 0 aromatic heterocycles. The molecule has 1 atom stereocenters. The predicted octanol–water partition coefficient (Wildman–Crippen LogP) is -1.46. The maximum Gasteiger partial charge on any atom is 0.237 e. The molecule has 0 saturated carbocycles. The first-order valence-electron chi connectivity index (χ1n) is 5.21. The fourth-order valence-corrected chi connectivity index (χ4v) is 1.79. The van der Waals surface area contributed by atoms with Gasteiger partial charge in [-0.25, -0.2) is 15.0 Å². The quantitative estimate of drug-likeness (QED) is 0.461. The van der Waals surface area contributed by atoms with E-state index in [-0.39, 0.29) is 32.1 Å². The summed E-state index contributed by atoms with van der Waals surface area (Å²) in [6, 6.07) is -0.587. The lowest BCUT2D eigenvalue weighted by Gasteiger charge is -2.42. The van der Waals surface area contributed by atoms with Gasteiger partial charge in [-0.1, -0.05) is 0 Å². The molecule has 17 heavy (non-hydrogen) atoms.